The van der Waals surface area contributed by atoms with Crippen LogP contribution in [0.2, 0.25) is 5.02 Å². The Morgan fingerprint density at radius 2 is 1.70 bits per heavy atom. The summed E-state index contributed by atoms with van der Waals surface area (Å²) in [4.78, 5) is -0.481. The van der Waals surface area contributed by atoms with Crippen LogP contribution in [0.3, 0.4) is 0 Å². The number of sulfone groups is 1. The summed E-state index contributed by atoms with van der Waals surface area (Å²) in [5, 5.41) is 15.0. The third-order valence-corrected chi connectivity index (χ3v) is 7.93. The van der Waals surface area contributed by atoms with Crippen molar-refractivity contribution in [1.29, 1.82) is 5.26 Å². The molecular weight excluding hydrogens is 549 g/mol. The molecule has 0 N–H and O–H groups in total. The van der Waals surface area contributed by atoms with Crippen LogP contribution in [-0.4, -0.2) is 18.2 Å². The molecule has 9 heteroatoms. The molecule has 5 rings (SSSR count). The van der Waals surface area contributed by atoms with Gasteiger partial charge in [-0.3, -0.25) is 0 Å². The molecule has 4 aromatic carbocycles. The van der Waals surface area contributed by atoms with E-state index in [0.717, 1.165) is 11.3 Å². The van der Waals surface area contributed by atoms with Crippen molar-refractivity contribution in [1.82, 2.24) is 9.78 Å². The molecule has 0 aliphatic rings. The van der Waals surface area contributed by atoms with Crippen molar-refractivity contribution in [3.63, 3.8) is 0 Å². The van der Waals surface area contributed by atoms with Crippen molar-refractivity contribution in [2.45, 2.75) is 11.5 Å². The molecule has 0 amide bonds. The first-order valence-electron chi connectivity index (χ1n) is 12.1. The number of aromatic nitrogens is 2. The number of nitrogens with zero attached hydrogens (tertiary/aromatic N) is 3. The SMILES string of the molecule is N#CC(=Cc1cn(-c2ccccc2)nc1-c1cccc(OCc2ccc(F)cc2)c1)S(=O)(=O)c1ccc(Cl)cc1. The van der Waals surface area contributed by atoms with Gasteiger partial charge in [0.05, 0.1) is 10.6 Å². The van der Waals surface area contributed by atoms with Gasteiger partial charge in [0.2, 0.25) is 9.84 Å². The Bertz CT molecular complexity index is 1830. The number of rotatable bonds is 8. The molecule has 198 valence electrons. The fourth-order valence-electron chi connectivity index (χ4n) is 3.96. The third kappa shape index (κ3) is 5.96. The molecule has 0 radical (unpaired) electrons. The zero-order valence-electron chi connectivity index (χ0n) is 20.9. The second-order valence-electron chi connectivity index (χ2n) is 8.73. The molecule has 1 aromatic heterocycles. The van der Waals surface area contributed by atoms with Crippen molar-refractivity contribution in [3.05, 3.63) is 136 Å². The van der Waals surface area contributed by atoms with Gasteiger partial charge in [-0.25, -0.2) is 17.5 Å². The lowest BCUT2D eigenvalue weighted by molar-refractivity contribution is 0.306. The highest BCUT2D eigenvalue weighted by Gasteiger charge is 2.22. The number of hydrogen-bond donors (Lipinski definition) is 0. The van der Waals surface area contributed by atoms with Gasteiger partial charge in [-0.15, -0.1) is 0 Å². The van der Waals surface area contributed by atoms with Crippen LogP contribution >= 0.6 is 11.6 Å². The van der Waals surface area contributed by atoms with E-state index in [1.54, 1.807) is 41.2 Å². The minimum atomic E-state index is -4.12. The topological polar surface area (TPSA) is 85.0 Å². The molecule has 5 aromatic rings. The highest BCUT2D eigenvalue weighted by Crippen LogP contribution is 2.31. The van der Waals surface area contributed by atoms with Gasteiger partial charge in [0.1, 0.15) is 34.8 Å². The Kier molecular flexibility index (Phi) is 7.78. The molecule has 0 atom stereocenters. The first-order chi connectivity index (χ1) is 19.3. The number of benzene rings is 4. The van der Waals surface area contributed by atoms with Crippen LogP contribution in [0.4, 0.5) is 4.39 Å². The first-order valence-corrected chi connectivity index (χ1v) is 13.9. The van der Waals surface area contributed by atoms with Crippen molar-refractivity contribution in [2.75, 3.05) is 0 Å². The lowest BCUT2D eigenvalue weighted by Crippen LogP contribution is -2.03. The van der Waals surface area contributed by atoms with Crippen LogP contribution in [0.5, 0.6) is 5.75 Å². The molecule has 0 saturated heterocycles. The Labute approximate surface area is 236 Å². The largest absolute Gasteiger partial charge is 0.489 e. The number of halogens is 2. The van der Waals surface area contributed by atoms with Gasteiger partial charge in [0.25, 0.3) is 0 Å². The Hall–Kier alpha value is -4.71. The van der Waals surface area contributed by atoms with Crippen molar-refractivity contribution in [3.8, 4) is 28.8 Å². The lowest BCUT2D eigenvalue weighted by atomic mass is 10.1. The van der Waals surface area contributed by atoms with E-state index in [1.807, 2.05) is 42.5 Å². The van der Waals surface area contributed by atoms with Crippen LogP contribution < -0.4 is 4.74 Å². The molecule has 0 bridgehead atoms. The zero-order chi connectivity index (χ0) is 28.1. The van der Waals surface area contributed by atoms with E-state index >= 15 is 0 Å². The maximum atomic E-state index is 13.3. The number of ether oxygens (including phenoxy) is 1. The smallest absolute Gasteiger partial charge is 0.216 e. The van der Waals surface area contributed by atoms with E-state index in [1.165, 1.54) is 42.5 Å². The predicted octanol–water partition coefficient (Wildman–Crippen LogP) is 7.25. The van der Waals surface area contributed by atoms with E-state index < -0.39 is 14.7 Å². The molecule has 0 fully saturated rings. The average molecular weight is 570 g/mol. The van der Waals surface area contributed by atoms with E-state index in [9.17, 15) is 18.1 Å². The first kappa shape index (κ1) is 26.9. The van der Waals surface area contributed by atoms with Crippen molar-refractivity contribution < 1.29 is 17.5 Å². The summed E-state index contributed by atoms with van der Waals surface area (Å²) in [5.41, 5.74) is 3.09. The third-order valence-electron chi connectivity index (χ3n) is 6.00. The Morgan fingerprint density at radius 3 is 2.40 bits per heavy atom. The second kappa shape index (κ2) is 11.6. The summed E-state index contributed by atoms with van der Waals surface area (Å²) in [6.45, 7) is 0.229. The van der Waals surface area contributed by atoms with Crippen LogP contribution in [0.1, 0.15) is 11.1 Å². The van der Waals surface area contributed by atoms with Crippen LogP contribution in [0.15, 0.2) is 119 Å². The van der Waals surface area contributed by atoms with Gasteiger partial charge in [0.15, 0.2) is 0 Å². The molecule has 6 nitrogen and oxygen atoms in total. The molecular formula is C31H21ClFN3O3S. The molecule has 0 unspecified atom stereocenters. The standard InChI is InChI=1S/C31H21ClFN3O3S/c32-25-11-15-29(16-12-25)40(37,38)30(19-34)18-24-20-36(27-6-2-1-3-7-27)35-31(24)23-5-4-8-28(17-23)39-21-22-9-13-26(33)14-10-22/h1-18,20H,21H2. The lowest BCUT2D eigenvalue weighted by Gasteiger charge is -2.08. The fourth-order valence-corrected chi connectivity index (χ4v) is 5.24. The summed E-state index contributed by atoms with van der Waals surface area (Å²) in [7, 11) is -4.12. The summed E-state index contributed by atoms with van der Waals surface area (Å²) in [6, 6.07) is 30.0. The summed E-state index contributed by atoms with van der Waals surface area (Å²) in [6.07, 6.45) is 2.99. The minimum Gasteiger partial charge on any atom is -0.489 e. The van der Waals surface area contributed by atoms with Gasteiger partial charge in [-0.2, -0.15) is 10.4 Å². The number of allylic oxidation sites excluding steroid dienone is 1. The van der Waals surface area contributed by atoms with Crippen molar-refractivity contribution >= 4 is 27.5 Å². The quantitative estimate of drug-likeness (QED) is 0.184. The van der Waals surface area contributed by atoms with Gasteiger partial charge >= 0.3 is 0 Å². The predicted molar refractivity (Wildman–Crippen MR) is 152 cm³/mol. The average Bonchev–Trinajstić information content (AvgIpc) is 3.40. The number of nitriles is 1. The monoisotopic (exact) mass is 569 g/mol. The maximum Gasteiger partial charge on any atom is 0.216 e. The van der Waals surface area contributed by atoms with E-state index in [-0.39, 0.29) is 17.3 Å². The summed E-state index contributed by atoms with van der Waals surface area (Å²) < 4.78 is 47.4. The van der Waals surface area contributed by atoms with E-state index in [0.29, 0.717) is 27.6 Å². The Morgan fingerprint density at radius 1 is 0.975 bits per heavy atom. The van der Waals surface area contributed by atoms with E-state index in [4.69, 9.17) is 21.4 Å². The molecule has 0 aliphatic heterocycles. The number of hydrogen-bond acceptors (Lipinski definition) is 5. The molecule has 0 spiro atoms. The van der Waals surface area contributed by atoms with Crippen LogP contribution in [0, 0.1) is 17.1 Å². The highest BCUT2D eigenvalue weighted by atomic mass is 35.5. The molecule has 1 heterocycles. The summed E-state index contributed by atoms with van der Waals surface area (Å²) in [5.74, 6) is 0.218. The second-order valence-corrected chi connectivity index (χ2v) is 11.1. The van der Waals surface area contributed by atoms with Gasteiger partial charge in [-0.05, 0) is 72.3 Å². The molecule has 0 saturated carbocycles. The Balaban J connectivity index is 1.55. The normalized spacial score (nSPS) is 11.7. The molecule has 40 heavy (non-hydrogen) atoms. The van der Waals surface area contributed by atoms with Crippen molar-refractivity contribution in [2.24, 2.45) is 0 Å². The van der Waals surface area contributed by atoms with Gasteiger partial charge < -0.3 is 4.74 Å². The number of para-hydroxylation sites is 1. The minimum absolute atomic E-state index is 0.0436. The molecule has 0 aliphatic carbocycles. The summed E-state index contributed by atoms with van der Waals surface area (Å²) >= 11 is 5.92. The van der Waals surface area contributed by atoms with Gasteiger partial charge in [0, 0.05) is 22.3 Å². The fraction of sp³-hybridized carbons (Fsp3) is 0.0323. The highest BCUT2D eigenvalue weighted by molar-refractivity contribution is 7.95. The van der Waals surface area contributed by atoms with E-state index in [2.05, 4.69) is 0 Å². The maximum absolute atomic E-state index is 13.3. The zero-order valence-corrected chi connectivity index (χ0v) is 22.5. The van der Waals surface area contributed by atoms with Gasteiger partial charge in [-0.1, -0.05) is 54.1 Å². The van der Waals surface area contributed by atoms with Crippen LogP contribution in [0.25, 0.3) is 23.0 Å². The van der Waals surface area contributed by atoms with Crippen LogP contribution in [-0.2, 0) is 16.4 Å².